The van der Waals surface area contributed by atoms with Gasteiger partial charge in [-0.1, -0.05) is 0 Å². The van der Waals surface area contributed by atoms with Crippen LogP contribution < -0.4 is 0 Å². The number of hydrogen-bond acceptors (Lipinski definition) is 2. The molecule has 4 nitrogen and oxygen atoms in total. The van der Waals surface area contributed by atoms with Gasteiger partial charge in [0.05, 0.1) is 0 Å². The predicted octanol–water partition coefficient (Wildman–Crippen LogP) is 2.39. The molecule has 0 radical (unpaired) electrons. The summed E-state index contributed by atoms with van der Waals surface area (Å²) >= 11 is 0. The number of halogens is 14. The largest absolute Gasteiger partial charge is 0.460 e. The molecule has 18 heteroatoms. The maximum absolute atomic E-state index is 11.6. The molecule has 0 saturated heterocycles. The van der Waals surface area contributed by atoms with Gasteiger partial charge in [-0.15, -0.1) is 0 Å². The minimum Gasteiger partial charge on any atom is -0.412 e. The second kappa shape index (κ2) is 8.78. The Morgan fingerprint density at radius 3 is 0.615 bits per heavy atom. The van der Waals surface area contributed by atoms with Crippen LogP contribution in [-0.4, -0.2) is 59.6 Å². The standard InChI is InChI=1S/2C4HF7O.2H2O/c2*5-2(6,1-12)3(7,8)4(9,10)11;;/h2*1H;2*1H2. The molecule has 0 aliphatic heterocycles. The number of carbonyl (C=O) groups excluding carboxylic acids is 2. The summed E-state index contributed by atoms with van der Waals surface area (Å²) in [5, 5.41) is 0. The van der Waals surface area contributed by atoms with Crippen molar-refractivity contribution in [3.05, 3.63) is 0 Å². The number of alkyl halides is 14. The predicted molar refractivity (Wildman–Crippen MR) is 51.3 cm³/mol. The van der Waals surface area contributed by atoms with Crippen molar-refractivity contribution in [1.82, 2.24) is 0 Å². The molecule has 0 aromatic carbocycles. The molecule has 0 heterocycles. The Hall–Kier alpha value is -1.72. The van der Waals surface area contributed by atoms with E-state index in [1.807, 2.05) is 0 Å². The maximum Gasteiger partial charge on any atom is 0.460 e. The highest BCUT2D eigenvalue weighted by Gasteiger charge is 2.74. The van der Waals surface area contributed by atoms with E-state index in [9.17, 15) is 71.1 Å². The van der Waals surface area contributed by atoms with Crippen LogP contribution in [0, 0.1) is 0 Å². The van der Waals surface area contributed by atoms with E-state index in [4.69, 9.17) is 0 Å². The van der Waals surface area contributed by atoms with Crippen LogP contribution in [0.5, 0.6) is 0 Å². The zero-order valence-electron chi connectivity index (χ0n) is 11.3. The highest BCUT2D eigenvalue weighted by atomic mass is 19.4. The molecule has 0 atom stereocenters. The Balaban J connectivity index is -0.000000173. The summed E-state index contributed by atoms with van der Waals surface area (Å²) in [5.41, 5.74) is 0. The van der Waals surface area contributed by atoms with Crippen molar-refractivity contribution < 1.29 is 82.0 Å². The molecule has 0 fully saturated rings. The van der Waals surface area contributed by atoms with E-state index < -0.39 is 48.6 Å². The fraction of sp³-hybridized carbons (Fsp3) is 0.750. The van der Waals surface area contributed by atoms with E-state index >= 15 is 0 Å². The highest BCUT2D eigenvalue weighted by Crippen LogP contribution is 2.46. The summed E-state index contributed by atoms with van der Waals surface area (Å²) in [4.78, 5) is 18.4. The van der Waals surface area contributed by atoms with Gasteiger partial charge in [-0.05, 0) is 0 Å². The fourth-order valence-corrected chi connectivity index (χ4v) is 0.526. The molecule has 26 heavy (non-hydrogen) atoms. The third kappa shape index (κ3) is 6.22. The fourth-order valence-electron chi connectivity index (χ4n) is 0.526. The Bertz CT molecular complexity index is 409. The van der Waals surface area contributed by atoms with E-state index in [2.05, 4.69) is 0 Å². The van der Waals surface area contributed by atoms with E-state index in [1.54, 1.807) is 0 Å². The number of aldehydes is 2. The van der Waals surface area contributed by atoms with Gasteiger partial charge in [0, 0.05) is 0 Å². The first kappa shape index (κ1) is 32.0. The van der Waals surface area contributed by atoms with Crippen molar-refractivity contribution >= 4 is 12.6 Å². The summed E-state index contributed by atoms with van der Waals surface area (Å²) in [6.07, 6.45) is -16.3. The van der Waals surface area contributed by atoms with Gasteiger partial charge in [0.15, 0.2) is 12.6 Å². The second-order valence-corrected chi connectivity index (χ2v) is 3.63. The molecule has 0 aromatic heterocycles. The van der Waals surface area contributed by atoms with Crippen LogP contribution in [0.3, 0.4) is 0 Å². The second-order valence-electron chi connectivity index (χ2n) is 3.63. The van der Waals surface area contributed by atoms with Crippen molar-refractivity contribution in [2.45, 2.75) is 36.0 Å². The quantitative estimate of drug-likeness (QED) is 0.504. The number of rotatable bonds is 4. The Morgan fingerprint density at radius 2 is 0.577 bits per heavy atom. The van der Waals surface area contributed by atoms with Crippen molar-refractivity contribution in [3.63, 3.8) is 0 Å². The zero-order valence-corrected chi connectivity index (χ0v) is 11.3. The summed E-state index contributed by atoms with van der Waals surface area (Å²) in [6.45, 7) is 0. The smallest absolute Gasteiger partial charge is 0.412 e. The minimum absolute atomic E-state index is 0. The lowest BCUT2D eigenvalue weighted by molar-refractivity contribution is -0.341. The van der Waals surface area contributed by atoms with Gasteiger partial charge in [-0.25, -0.2) is 0 Å². The van der Waals surface area contributed by atoms with Crippen LogP contribution in [0.15, 0.2) is 0 Å². The monoisotopic (exact) mass is 432 g/mol. The van der Waals surface area contributed by atoms with Crippen molar-refractivity contribution in [1.29, 1.82) is 0 Å². The van der Waals surface area contributed by atoms with Crippen LogP contribution in [0.4, 0.5) is 61.5 Å². The van der Waals surface area contributed by atoms with Crippen LogP contribution in [0.1, 0.15) is 0 Å². The first-order valence-corrected chi connectivity index (χ1v) is 4.69. The van der Waals surface area contributed by atoms with Gasteiger partial charge < -0.3 is 11.0 Å². The van der Waals surface area contributed by atoms with Gasteiger partial charge in [0.2, 0.25) is 0 Å². The van der Waals surface area contributed by atoms with Gasteiger partial charge in [-0.3, -0.25) is 9.59 Å². The lowest BCUT2D eigenvalue weighted by Gasteiger charge is -2.23. The van der Waals surface area contributed by atoms with Crippen LogP contribution in [-0.2, 0) is 9.59 Å². The van der Waals surface area contributed by atoms with Crippen LogP contribution in [0.25, 0.3) is 0 Å². The molecule has 160 valence electrons. The van der Waals surface area contributed by atoms with Crippen molar-refractivity contribution in [2.75, 3.05) is 0 Å². The van der Waals surface area contributed by atoms with Crippen molar-refractivity contribution in [3.8, 4) is 0 Å². The molecule has 0 unspecified atom stereocenters. The Morgan fingerprint density at radius 1 is 0.423 bits per heavy atom. The molecule has 0 bridgehead atoms. The lowest BCUT2D eigenvalue weighted by Crippen LogP contribution is -2.52. The summed E-state index contributed by atoms with van der Waals surface area (Å²) in [5.74, 6) is -24.1. The van der Waals surface area contributed by atoms with E-state index in [-0.39, 0.29) is 11.0 Å². The van der Waals surface area contributed by atoms with Crippen LogP contribution >= 0.6 is 0 Å². The van der Waals surface area contributed by atoms with E-state index in [0.29, 0.717) is 0 Å². The Kier molecular flexibility index (Phi) is 10.8. The molecule has 0 aliphatic rings. The molecule has 0 rings (SSSR count). The molecule has 0 amide bonds. The van der Waals surface area contributed by atoms with Crippen LogP contribution in [0.2, 0.25) is 0 Å². The topological polar surface area (TPSA) is 97.1 Å². The average Bonchev–Trinajstić information content (AvgIpc) is 2.36. The third-order valence-electron chi connectivity index (χ3n) is 1.85. The third-order valence-corrected chi connectivity index (χ3v) is 1.85. The first-order valence-electron chi connectivity index (χ1n) is 4.69. The molecule has 4 N–H and O–H groups in total. The summed E-state index contributed by atoms with van der Waals surface area (Å²) in [7, 11) is 0. The average molecular weight is 432 g/mol. The minimum atomic E-state index is -6.43. The highest BCUT2D eigenvalue weighted by molar-refractivity contribution is 5.62. The number of hydrogen-bond donors (Lipinski definition) is 0. The summed E-state index contributed by atoms with van der Waals surface area (Å²) < 4.78 is 160. The van der Waals surface area contributed by atoms with E-state index in [0.717, 1.165) is 0 Å². The van der Waals surface area contributed by atoms with Gasteiger partial charge in [-0.2, -0.15) is 61.5 Å². The summed E-state index contributed by atoms with van der Waals surface area (Å²) in [6, 6.07) is 0. The SMILES string of the molecule is O.O.O=CC(F)(F)C(F)(F)C(F)(F)F.O=CC(F)(F)C(F)(F)C(F)(F)F. The van der Waals surface area contributed by atoms with Crippen molar-refractivity contribution in [2.24, 2.45) is 0 Å². The van der Waals surface area contributed by atoms with Gasteiger partial charge in [0.1, 0.15) is 0 Å². The normalized spacial score (nSPS) is 13.5. The molecule has 0 aromatic rings. The molecular formula is C8H6F14O4. The molecule has 0 spiro atoms. The molecule has 0 aliphatic carbocycles. The van der Waals surface area contributed by atoms with E-state index in [1.165, 1.54) is 0 Å². The lowest BCUT2D eigenvalue weighted by atomic mass is 10.2. The maximum atomic E-state index is 11.6. The van der Waals surface area contributed by atoms with Gasteiger partial charge >= 0.3 is 36.0 Å². The molecular weight excluding hydrogens is 426 g/mol. The zero-order chi connectivity index (χ0) is 20.4. The Labute approximate surface area is 132 Å². The van der Waals surface area contributed by atoms with Gasteiger partial charge in [0.25, 0.3) is 0 Å². The molecule has 0 saturated carbocycles. The first-order chi connectivity index (χ1) is 10.1. The number of carbonyl (C=O) groups is 2.